The van der Waals surface area contributed by atoms with Crippen LogP contribution in [0.3, 0.4) is 0 Å². The number of rotatable bonds is 4. The topological polar surface area (TPSA) is 40.5 Å². The molecule has 0 bridgehead atoms. The van der Waals surface area contributed by atoms with Crippen molar-refractivity contribution >= 4 is 46.6 Å². The molecule has 88 valence electrons. The Balaban J connectivity index is 2.98. The maximum Gasteiger partial charge on any atom is 0.413 e. The molecule has 0 saturated carbocycles. The first-order chi connectivity index (χ1) is 7.56. The highest BCUT2D eigenvalue weighted by Gasteiger charge is 2.22. The predicted molar refractivity (Wildman–Crippen MR) is 66.9 cm³/mol. The van der Waals surface area contributed by atoms with Gasteiger partial charge in [0.2, 0.25) is 0 Å². The normalized spacial score (nSPS) is 12.2. The molecule has 1 aromatic rings. The molecule has 0 aliphatic heterocycles. The molecular formula is C10H10Cl3NO2. The molecule has 0 fully saturated rings. The van der Waals surface area contributed by atoms with Crippen LogP contribution < -0.4 is 4.90 Å². The maximum absolute atomic E-state index is 11.1. The zero-order chi connectivity index (χ0) is 12.1. The molecule has 1 aromatic carbocycles. The van der Waals surface area contributed by atoms with E-state index in [1.54, 1.807) is 24.3 Å². The van der Waals surface area contributed by atoms with E-state index in [0.29, 0.717) is 23.0 Å². The molecule has 0 aliphatic carbocycles. The molecule has 0 aromatic heterocycles. The lowest BCUT2D eigenvalue weighted by atomic mass is 10.3. The summed E-state index contributed by atoms with van der Waals surface area (Å²) in [6, 6.07) is 6.50. The van der Waals surface area contributed by atoms with E-state index in [0.717, 1.165) is 4.90 Å². The van der Waals surface area contributed by atoms with Gasteiger partial charge in [-0.05, 0) is 24.6 Å². The number of benzene rings is 1. The average molecular weight is 283 g/mol. The standard InChI is InChI=1S/C10H10Cl3NO2/c11-5-4-9(13)14(10(15)16)8-3-1-2-7(12)6-8/h1-3,6,9H,4-5H2,(H,15,16). The van der Waals surface area contributed by atoms with Crippen molar-refractivity contribution in [2.75, 3.05) is 10.8 Å². The van der Waals surface area contributed by atoms with Gasteiger partial charge in [-0.1, -0.05) is 29.3 Å². The Bertz CT molecular complexity index is 373. The van der Waals surface area contributed by atoms with Gasteiger partial charge in [-0.2, -0.15) is 0 Å². The Hall–Kier alpha value is -0.640. The predicted octanol–water partition coefficient (Wildman–Crippen LogP) is 4.02. The number of amides is 1. The fraction of sp³-hybridized carbons (Fsp3) is 0.300. The van der Waals surface area contributed by atoms with Crippen LogP contribution in [-0.2, 0) is 0 Å². The quantitative estimate of drug-likeness (QED) is 0.669. The Kier molecular flexibility index (Phi) is 5.19. The molecule has 0 spiro atoms. The van der Waals surface area contributed by atoms with E-state index in [9.17, 15) is 4.79 Å². The largest absolute Gasteiger partial charge is 0.465 e. The lowest BCUT2D eigenvalue weighted by molar-refractivity contribution is 0.201. The molecule has 16 heavy (non-hydrogen) atoms. The summed E-state index contributed by atoms with van der Waals surface area (Å²) in [5.41, 5.74) is -0.265. The van der Waals surface area contributed by atoms with E-state index < -0.39 is 11.6 Å². The number of halogens is 3. The summed E-state index contributed by atoms with van der Waals surface area (Å²) < 4.78 is 0. The van der Waals surface area contributed by atoms with E-state index in [2.05, 4.69) is 0 Å². The van der Waals surface area contributed by atoms with Gasteiger partial charge in [-0.25, -0.2) is 4.79 Å². The van der Waals surface area contributed by atoms with Crippen LogP contribution >= 0.6 is 34.8 Å². The van der Waals surface area contributed by atoms with E-state index in [4.69, 9.17) is 39.9 Å². The lowest BCUT2D eigenvalue weighted by Gasteiger charge is -2.24. The second-order valence-corrected chi connectivity index (χ2v) is 4.36. The van der Waals surface area contributed by atoms with Crippen LogP contribution in [0.15, 0.2) is 24.3 Å². The Morgan fingerprint density at radius 3 is 2.69 bits per heavy atom. The molecule has 1 rings (SSSR count). The van der Waals surface area contributed by atoms with Crippen molar-refractivity contribution in [3.63, 3.8) is 0 Å². The SMILES string of the molecule is O=C(O)N(c1cccc(Cl)c1)C(Cl)CCCl. The highest BCUT2D eigenvalue weighted by atomic mass is 35.5. The second-order valence-electron chi connectivity index (χ2n) is 3.04. The molecule has 3 nitrogen and oxygen atoms in total. The molecule has 0 aliphatic rings. The summed E-state index contributed by atoms with van der Waals surface area (Å²) in [4.78, 5) is 12.1. The summed E-state index contributed by atoms with van der Waals surface area (Å²) in [5.74, 6) is 0.290. The van der Waals surface area contributed by atoms with Crippen molar-refractivity contribution in [3.8, 4) is 0 Å². The first kappa shape index (κ1) is 13.4. The number of hydrogen-bond acceptors (Lipinski definition) is 1. The van der Waals surface area contributed by atoms with Crippen molar-refractivity contribution < 1.29 is 9.90 Å². The zero-order valence-corrected chi connectivity index (χ0v) is 10.5. The van der Waals surface area contributed by atoms with Crippen molar-refractivity contribution in [2.24, 2.45) is 0 Å². The van der Waals surface area contributed by atoms with Crippen molar-refractivity contribution in [3.05, 3.63) is 29.3 Å². The fourth-order valence-electron chi connectivity index (χ4n) is 1.24. The van der Waals surface area contributed by atoms with Gasteiger partial charge in [0.15, 0.2) is 0 Å². The Morgan fingerprint density at radius 2 is 2.19 bits per heavy atom. The number of nitrogens with zero attached hydrogens (tertiary/aromatic N) is 1. The van der Waals surface area contributed by atoms with Gasteiger partial charge in [0.25, 0.3) is 0 Å². The average Bonchev–Trinajstić information content (AvgIpc) is 2.17. The molecule has 1 atom stereocenters. The van der Waals surface area contributed by atoms with Crippen molar-refractivity contribution in [1.29, 1.82) is 0 Å². The van der Waals surface area contributed by atoms with Crippen LogP contribution in [0.5, 0.6) is 0 Å². The molecule has 1 N–H and O–H groups in total. The molecule has 1 amide bonds. The van der Waals surface area contributed by atoms with Crippen LogP contribution in [0.25, 0.3) is 0 Å². The molecule has 0 heterocycles. The van der Waals surface area contributed by atoms with Crippen LogP contribution in [-0.4, -0.2) is 22.6 Å². The number of carbonyl (C=O) groups is 1. The highest BCUT2D eigenvalue weighted by molar-refractivity contribution is 6.31. The smallest absolute Gasteiger partial charge is 0.413 e. The minimum atomic E-state index is -1.13. The van der Waals surface area contributed by atoms with Crippen LogP contribution in [0.4, 0.5) is 10.5 Å². The summed E-state index contributed by atoms with van der Waals surface area (Å²) in [6.45, 7) is 0. The van der Waals surface area contributed by atoms with Gasteiger partial charge < -0.3 is 5.11 Å². The van der Waals surface area contributed by atoms with E-state index in [-0.39, 0.29) is 0 Å². The molecule has 0 radical (unpaired) electrons. The Morgan fingerprint density at radius 1 is 1.50 bits per heavy atom. The maximum atomic E-state index is 11.1. The number of carboxylic acid groups (broad SMARTS) is 1. The first-order valence-corrected chi connectivity index (χ1v) is 5.89. The minimum absolute atomic E-state index is 0.290. The van der Waals surface area contributed by atoms with Crippen LogP contribution in [0.2, 0.25) is 5.02 Å². The summed E-state index contributed by atoms with van der Waals surface area (Å²) in [5, 5.41) is 9.53. The van der Waals surface area contributed by atoms with Gasteiger partial charge in [-0.15, -0.1) is 11.6 Å². The zero-order valence-electron chi connectivity index (χ0n) is 8.24. The Labute approximate surface area is 109 Å². The third-order valence-corrected chi connectivity index (χ3v) is 2.79. The monoisotopic (exact) mass is 281 g/mol. The lowest BCUT2D eigenvalue weighted by Crippen LogP contribution is -2.36. The van der Waals surface area contributed by atoms with E-state index in [1.165, 1.54) is 0 Å². The molecule has 0 saturated heterocycles. The van der Waals surface area contributed by atoms with Crippen molar-refractivity contribution in [1.82, 2.24) is 0 Å². The molecule has 1 unspecified atom stereocenters. The van der Waals surface area contributed by atoms with Gasteiger partial charge in [-0.3, -0.25) is 4.90 Å². The second kappa shape index (κ2) is 6.18. The number of anilines is 1. The van der Waals surface area contributed by atoms with Gasteiger partial charge >= 0.3 is 6.09 Å². The van der Waals surface area contributed by atoms with Gasteiger partial charge in [0.05, 0.1) is 5.69 Å². The summed E-state index contributed by atoms with van der Waals surface area (Å²) in [7, 11) is 0. The van der Waals surface area contributed by atoms with E-state index >= 15 is 0 Å². The fourth-order valence-corrected chi connectivity index (χ4v) is 2.05. The number of hydrogen-bond donors (Lipinski definition) is 1. The van der Waals surface area contributed by atoms with Gasteiger partial charge in [0.1, 0.15) is 5.50 Å². The molecule has 6 heteroatoms. The summed E-state index contributed by atoms with van der Waals surface area (Å²) in [6.07, 6.45) is -0.769. The third kappa shape index (κ3) is 3.44. The van der Waals surface area contributed by atoms with Gasteiger partial charge in [0, 0.05) is 10.9 Å². The highest BCUT2D eigenvalue weighted by Crippen LogP contribution is 2.24. The van der Waals surface area contributed by atoms with Crippen molar-refractivity contribution in [2.45, 2.75) is 11.9 Å². The van der Waals surface area contributed by atoms with E-state index in [1.807, 2.05) is 0 Å². The first-order valence-electron chi connectivity index (χ1n) is 4.54. The molecular weight excluding hydrogens is 272 g/mol. The minimum Gasteiger partial charge on any atom is -0.465 e. The van der Waals surface area contributed by atoms with Crippen LogP contribution in [0.1, 0.15) is 6.42 Å². The number of alkyl halides is 2. The summed E-state index contributed by atoms with van der Waals surface area (Å²) >= 11 is 17.3. The van der Waals surface area contributed by atoms with Crippen LogP contribution in [0, 0.1) is 0 Å². The third-order valence-electron chi connectivity index (χ3n) is 1.92.